The largest absolute Gasteiger partial charge is 0.480 e. The lowest BCUT2D eigenvalue weighted by Gasteiger charge is -2.10. The van der Waals surface area contributed by atoms with Crippen LogP contribution in [0.4, 0.5) is 5.69 Å². The van der Waals surface area contributed by atoms with Crippen LogP contribution in [0.2, 0.25) is 5.02 Å². The van der Waals surface area contributed by atoms with E-state index in [9.17, 15) is 19.1 Å². The Bertz CT molecular complexity index is 534. The molecule has 6 nitrogen and oxygen atoms in total. The lowest BCUT2D eigenvalue weighted by Crippen LogP contribution is -2.25. The van der Waals surface area contributed by atoms with Gasteiger partial charge in [0.15, 0.2) is 0 Å². The SMILES string of the molecule is CCC(C(=O)O)S(=O)Cc1cc(Cl)ccc1[N+](=O)[O-]. The molecule has 0 aliphatic carbocycles. The van der Waals surface area contributed by atoms with Gasteiger partial charge in [0.1, 0.15) is 5.25 Å². The highest BCUT2D eigenvalue weighted by Gasteiger charge is 2.25. The maximum atomic E-state index is 11.9. The normalized spacial score (nSPS) is 13.8. The molecule has 104 valence electrons. The summed E-state index contributed by atoms with van der Waals surface area (Å²) in [5.74, 6) is -1.38. The second kappa shape index (κ2) is 6.63. The predicted molar refractivity (Wildman–Crippen MR) is 71.7 cm³/mol. The Labute approximate surface area is 117 Å². The first-order chi connectivity index (χ1) is 8.86. The van der Waals surface area contributed by atoms with Crippen molar-refractivity contribution in [3.63, 3.8) is 0 Å². The minimum atomic E-state index is -1.74. The number of hydrogen-bond acceptors (Lipinski definition) is 4. The standard InChI is InChI=1S/C11H12ClNO5S/c1-2-10(11(14)15)19(18)6-7-5-8(12)3-4-9(7)13(16)17/h3-5,10H,2,6H2,1H3,(H,14,15). The number of rotatable bonds is 6. The lowest BCUT2D eigenvalue weighted by atomic mass is 10.2. The van der Waals surface area contributed by atoms with Crippen LogP contribution in [-0.2, 0) is 21.3 Å². The van der Waals surface area contributed by atoms with Gasteiger partial charge in [-0.3, -0.25) is 19.1 Å². The van der Waals surface area contributed by atoms with Crippen LogP contribution in [0.1, 0.15) is 18.9 Å². The van der Waals surface area contributed by atoms with Crippen LogP contribution < -0.4 is 0 Å². The highest BCUT2D eigenvalue weighted by Crippen LogP contribution is 2.25. The fourth-order valence-corrected chi connectivity index (χ4v) is 3.10. The summed E-state index contributed by atoms with van der Waals surface area (Å²) in [7, 11) is -1.74. The molecule has 1 aromatic rings. The zero-order valence-electron chi connectivity index (χ0n) is 10.0. The number of hydrogen-bond donors (Lipinski definition) is 1. The highest BCUT2D eigenvalue weighted by molar-refractivity contribution is 7.85. The minimum Gasteiger partial charge on any atom is -0.480 e. The number of carboxylic acid groups (broad SMARTS) is 1. The van der Waals surface area contributed by atoms with E-state index < -0.39 is 26.9 Å². The molecule has 0 aromatic heterocycles. The van der Waals surface area contributed by atoms with E-state index in [2.05, 4.69) is 0 Å². The van der Waals surface area contributed by atoms with Crippen LogP contribution in [0, 0.1) is 10.1 Å². The number of benzene rings is 1. The zero-order chi connectivity index (χ0) is 14.6. The second-order valence-corrected chi connectivity index (χ2v) is 5.85. The van der Waals surface area contributed by atoms with Crippen LogP contribution in [-0.4, -0.2) is 25.5 Å². The Kier molecular flexibility index (Phi) is 5.44. The van der Waals surface area contributed by atoms with Gasteiger partial charge in [0, 0.05) is 27.5 Å². The number of nitrogens with zero attached hydrogens (tertiary/aromatic N) is 1. The molecule has 0 fully saturated rings. The summed E-state index contributed by atoms with van der Waals surface area (Å²) in [6.07, 6.45) is 0.191. The minimum absolute atomic E-state index is 0.176. The van der Waals surface area contributed by atoms with Crippen molar-refractivity contribution in [2.75, 3.05) is 0 Å². The summed E-state index contributed by atoms with van der Waals surface area (Å²) >= 11 is 5.74. The Morgan fingerprint density at radius 2 is 2.21 bits per heavy atom. The van der Waals surface area contributed by atoms with Gasteiger partial charge >= 0.3 is 5.97 Å². The fraction of sp³-hybridized carbons (Fsp3) is 0.364. The van der Waals surface area contributed by atoms with Crippen molar-refractivity contribution < 1.29 is 19.0 Å². The molecular weight excluding hydrogens is 294 g/mol. The van der Waals surface area contributed by atoms with E-state index in [1.165, 1.54) is 18.2 Å². The quantitative estimate of drug-likeness (QED) is 0.642. The smallest absolute Gasteiger partial charge is 0.319 e. The van der Waals surface area contributed by atoms with E-state index in [0.29, 0.717) is 0 Å². The van der Waals surface area contributed by atoms with Gasteiger partial charge in [-0.15, -0.1) is 0 Å². The van der Waals surface area contributed by atoms with Crippen LogP contribution >= 0.6 is 11.6 Å². The van der Waals surface area contributed by atoms with Crippen molar-refractivity contribution in [2.24, 2.45) is 0 Å². The Balaban J connectivity index is 3.04. The topological polar surface area (TPSA) is 97.5 Å². The monoisotopic (exact) mass is 305 g/mol. The summed E-state index contributed by atoms with van der Waals surface area (Å²) < 4.78 is 11.9. The molecular formula is C11H12ClNO5S. The van der Waals surface area contributed by atoms with E-state index in [4.69, 9.17) is 16.7 Å². The molecule has 0 radical (unpaired) electrons. The average Bonchev–Trinajstić information content (AvgIpc) is 2.28. The van der Waals surface area contributed by atoms with Crippen molar-refractivity contribution in [1.82, 2.24) is 0 Å². The third kappa shape index (κ3) is 4.00. The lowest BCUT2D eigenvalue weighted by molar-refractivity contribution is -0.385. The summed E-state index contributed by atoms with van der Waals surface area (Å²) in [6, 6.07) is 3.92. The van der Waals surface area contributed by atoms with Crippen molar-refractivity contribution in [1.29, 1.82) is 0 Å². The molecule has 0 saturated heterocycles. The predicted octanol–water partition coefficient (Wildman–Crippen LogP) is 2.36. The molecule has 2 unspecified atom stereocenters. The van der Waals surface area contributed by atoms with Gasteiger partial charge in [0.2, 0.25) is 0 Å². The van der Waals surface area contributed by atoms with E-state index in [0.717, 1.165) is 0 Å². The number of nitro benzene ring substituents is 1. The summed E-state index contributed by atoms with van der Waals surface area (Å²) in [5.41, 5.74) is -0.0338. The molecule has 8 heteroatoms. The third-order valence-corrected chi connectivity index (χ3v) is 4.50. The molecule has 1 aromatic carbocycles. The van der Waals surface area contributed by atoms with E-state index in [1.807, 2.05) is 0 Å². The van der Waals surface area contributed by atoms with E-state index >= 15 is 0 Å². The fourth-order valence-electron chi connectivity index (χ4n) is 1.57. The Morgan fingerprint density at radius 3 is 2.68 bits per heavy atom. The van der Waals surface area contributed by atoms with Crippen molar-refractivity contribution in [3.8, 4) is 0 Å². The van der Waals surface area contributed by atoms with Crippen molar-refractivity contribution in [3.05, 3.63) is 38.9 Å². The highest BCUT2D eigenvalue weighted by atomic mass is 35.5. The summed E-state index contributed by atoms with van der Waals surface area (Å²) in [5, 5.41) is 19.0. The molecule has 2 atom stereocenters. The number of carboxylic acids is 1. The molecule has 0 aliphatic heterocycles. The van der Waals surface area contributed by atoms with Crippen LogP contribution in [0.25, 0.3) is 0 Å². The van der Waals surface area contributed by atoms with Crippen LogP contribution in [0.5, 0.6) is 0 Å². The second-order valence-electron chi connectivity index (χ2n) is 3.79. The van der Waals surface area contributed by atoms with Gasteiger partial charge in [-0.05, 0) is 18.6 Å². The van der Waals surface area contributed by atoms with Crippen LogP contribution in [0.15, 0.2) is 18.2 Å². The van der Waals surface area contributed by atoms with Gasteiger partial charge in [0.05, 0.1) is 10.7 Å². The van der Waals surface area contributed by atoms with E-state index in [-0.39, 0.29) is 28.4 Å². The molecule has 19 heavy (non-hydrogen) atoms. The number of halogens is 1. The molecule has 1 rings (SSSR count). The molecule has 1 N–H and O–H groups in total. The van der Waals surface area contributed by atoms with Gasteiger partial charge in [0.25, 0.3) is 5.69 Å². The third-order valence-electron chi connectivity index (χ3n) is 2.50. The van der Waals surface area contributed by atoms with Gasteiger partial charge in [-0.25, -0.2) is 0 Å². The molecule has 0 spiro atoms. The molecule has 0 heterocycles. The molecule has 0 aliphatic rings. The van der Waals surface area contributed by atoms with Crippen molar-refractivity contribution >= 4 is 34.1 Å². The molecule has 0 bridgehead atoms. The Morgan fingerprint density at radius 1 is 1.58 bits per heavy atom. The van der Waals surface area contributed by atoms with Gasteiger partial charge < -0.3 is 5.11 Å². The van der Waals surface area contributed by atoms with Crippen LogP contribution in [0.3, 0.4) is 0 Å². The van der Waals surface area contributed by atoms with Gasteiger partial charge in [-0.2, -0.15) is 0 Å². The average molecular weight is 306 g/mol. The maximum Gasteiger partial charge on any atom is 0.319 e. The first-order valence-corrected chi connectivity index (χ1v) is 7.15. The van der Waals surface area contributed by atoms with Gasteiger partial charge in [-0.1, -0.05) is 18.5 Å². The summed E-state index contributed by atoms with van der Waals surface area (Å²) in [4.78, 5) is 21.1. The molecule has 0 amide bonds. The number of aliphatic carboxylic acids is 1. The first-order valence-electron chi connectivity index (χ1n) is 5.39. The van der Waals surface area contributed by atoms with E-state index in [1.54, 1.807) is 6.92 Å². The molecule has 0 saturated carbocycles. The van der Waals surface area contributed by atoms with Crippen molar-refractivity contribution in [2.45, 2.75) is 24.3 Å². The number of nitro groups is 1. The maximum absolute atomic E-state index is 11.9. The summed E-state index contributed by atoms with van der Waals surface area (Å²) in [6.45, 7) is 1.60. The Hall–Kier alpha value is -1.47. The first kappa shape index (κ1) is 15.6. The zero-order valence-corrected chi connectivity index (χ0v) is 11.6. The number of carbonyl (C=O) groups is 1.